The van der Waals surface area contributed by atoms with Crippen molar-refractivity contribution in [3.63, 3.8) is 0 Å². The van der Waals surface area contributed by atoms with Crippen LogP contribution in [0.5, 0.6) is 0 Å². The van der Waals surface area contributed by atoms with E-state index in [1.165, 1.54) is 0 Å². The molecule has 1 N–H and O–H groups in total. The van der Waals surface area contributed by atoms with Crippen molar-refractivity contribution in [1.82, 2.24) is 10.3 Å². The molecule has 0 aliphatic carbocycles. The number of hydrogen-bond acceptors (Lipinski definition) is 2. The van der Waals surface area contributed by atoms with Crippen molar-refractivity contribution in [3.8, 4) is 0 Å². The summed E-state index contributed by atoms with van der Waals surface area (Å²) in [4.78, 5) is 16.3. The summed E-state index contributed by atoms with van der Waals surface area (Å²) in [5.74, 6) is 0.0652. The van der Waals surface area contributed by atoms with Crippen LogP contribution in [0.15, 0.2) is 53.1 Å². The average Bonchev–Trinajstić information content (AvgIpc) is 2.52. The van der Waals surface area contributed by atoms with E-state index < -0.39 is 0 Å². The number of aromatic nitrogens is 1. The number of pyridine rings is 1. The normalized spacial score (nSPS) is 11.9. The molecule has 0 saturated carbocycles. The Kier molecular flexibility index (Phi) is 5.93. The molecule has 1 amide bonds. The number of aryl methyl sites for hydroxylation is 1. The van der Waals surface area contributed by atoms with Gasteiger partial charge in [-0.3, -0.25) is 9.78 Å². The van der Waals surface area contributed by atoms with Gasteiger partial charge in [0.05, 0.1) is 6.04 Å². The maximum atomic E-state index is 12.1. The number of halogens is 1. The van der Waals surface area contributed by atoms with Crippen molar-refractivity contribution in [2.24, 2.45) is 0 Å². The van der Waals surface area contributed by atoms with Gasteiger partial charge in [-0.05, 0) is 42.7 Å². The molecule has 110 valence electrons. The van der Waals surface area contributed by atoms with Gasteiger partial charge < -0.3 is 5.32 Å². The smallest absolute Gasteiger partial charge is 0.220 e. The first-order valence-corrected chi connectivity index (χ1v) is 7.93. The molecule has 0 aliphatic heterocycles. The fourth-order valence-corrected chi connectivity index (χ4v) is 2.43. The average molecular weight is 347 g/mol. The second kappa shape index (κ2) is 7.93. The van der Waals surface area contributed by atoms with Gasteiger partial charge in [0.25, 0.3) is 0 Å². The number of rotatable bonds is 6. The van der Waals surface area contributed by atoms with Gasteiger partial charge in [-0.25, -0.2) is 0 Å². The van der Waals surface area contributed by atoms with Crippen LogP contribution in [-0.2, 0) is 11.2 Å². The Bertz CT molecular complexity index is 569. The first-order valence-electron chi connectivity index (χ1n) is 7.13. The van der Waals surface area contributed by atoms with Gasteiger partial charge >= 0.3 is 0 Å². The molecule has 1 atom stereocenters. The molecule has 2 rings (SSSR count). The Balaban J connectivity index is 1.89. The highest BCUT2D eigenvalue weighted by Crippen LogP contribution is 2.19. The fraction of sp³-hybridized carbons (Fsp3) is 0.294. The van der Waals surface area contributed by atoms with Crippen molar-refractivity contribution in [1.29, 1.82) is 0 Å². The van der Waals surface area contributed by atoms with E-state index in [9.17, 15) is 4.79 Å². The highest BCUT2D eigenvalue weighted by molar-refractivity contribution is 9.10. The van der Waals surface area contributed by atoms with E-state index in [2.05, 4.69) is 33.2 Å². The fourth-order valence-electron chi connectivity index (χ4n) is 2.17. The molecule has 4 heteroatoms. The van der Waals surface area contributed by atoms with Gasteiger partial charge in [-0.2, -0.15) is 0 Å². The number of benzene rings is 1. The summed E-state index contributed by atoms with van der Waals surface area (Å²) in [5.41, 5.74) is 2.08. The largest absolute Gasteiger partial charge is 0.349 e. The molecule has 1 aromatic carbocycles. The van der Waals surface area contributed by atoms with E-state index in [-0.39, 0.29) is 11.9 Å². The predicted octanol–water partition coefficient (Wildman–Crippen LogP) is 4.04. The number of hydrogen-bond donors (Lipinski definition) is 1. The highest BCUT2D eigenvalue weighted by Gasteiger charge is 2.12. The van der Waals surface area contributed by atoms with Gasteiger partial charge in [-0.1, -0.05) is 41.1 Å². The minimum atomic E-state index is 0.0642. The van der Waals surface area contributed by atoms with Gasteiger partial charge in [-0.15, -0.1) is 0 Å². The van der Waals surface area contributed by atoms with Crippen LogP contribution in [0.3, 0.4) is 0 Å². The van der Waals surface area contributed by atoms with Crippen molar-refractivity contribution in [2.75, 3.05) is 0 Å². The van der Waals surface area contributed by atoms with Crippen molar-refractivity contribution in [2.45, 2.75) is 32.2 Å². The molecule has 0 spiro atoms. The molecule has 1 unspecified atom stereocenters. The van der Waals surface area contributed by atoms with Crippen LogP contribution in [0.1, 0.15) is 37.1 Å². The van der Waals surface area contributed by atoms with E-state index in [1.807, 2.05) is 42.5 Å². The summed E-state index contributed by atoms with van der Waals surface area (Å²) in [6, 6.07) is 13.9. The molecule has 0 saturated heterocycles. The molecule has 2 aromatic rings. The summed E-state index contributed by atoms with van der Waals surface area (Å²) in [6.07, 6.45) is 3.76. The summed E-state index contributed by atoms with van der Waals surface area (Å²) >= 11 is 3.42. The molecule has 21 heavy (non-hydrogen) atoms. The van der Waals surface area contributed by atoms with Gasteiger partial charge in [0.15, 0.2) is 0 Å². The third kappa shape index (κ3) is 4.97. The molecule has 1 heterocycles. The third-order valence-electron chi connectivity index (χ3n) is 3.35. The molecule has 1 aromatic heterocycles. The van der Waals surface area contributed by atoms with Gasteiger partial charge in [0, 0.05) is 22.8 Å². The summed E-state index contributed by atoms with van der Waals surface area (Å²) in [5, 5.41) is 3.09. The Morgan fingerprint density at radius 1 is 1.24 bits per heavy atom. The van der Waals surface area contributed by atoms with Crippen molar-refractivity contribution >= 4 is 21.8 Å². The lowest BCUT2D eigenvalue weighted by atomic mass is 10.0. The summed E-state index contributed by atoms with van der Waals surface area (Å²) < 4.78 is 1.04. The lowest BCUT2D eigenvalue weighted by Gasteiger charge is -2.17. The van der Waals surface area contributed by atoms with E-state index in [0.29, 0.717) is 12.8 Å². The second-order valence-electron chi connectivity index (χ2n) is 4.90. The molecule has 0 radical (unpaired) electrons. The number of carbonyl (C=O) groups is 1. The van der Waals surface area contributed by atoms with Crippen LogP contribution in [0.25, 0.3) is 0 Å². The quantitative estimate of drug-likeness (QED) is 0.857. The Labute approximate surface area is 133 Å². The maximum absolute atomic E-state index is 12.1. The SMILES string of the molecule is CCC(NC(=O)CCc1ccccn1)c1ccc(Br)cc1. The lowest BCUT2D eigenvalue weighted by molar-refractivity contribution is -0.121. The van der Waals surface area contributed by atoms with E-state index in [4.69, 9.17) is 0 Å². The third-order valence-corrected chi connectivity index (χ3v) is 3.88. The summed E-state index contributed by atoms with van der Waals surface area (Å²) in [6.45, 7) is 2.08. The van der Waals surface area contributed by atoms with Gasteiger partial charge in [0.2, 0.25) is 5.91 Å². The standard InChI is InChI=1S/C17H19BrN2O/c1-2-16(13-6-8-14(18)9-7-13)20-17(21)11-10-15-5-3-4-12-19-15/h3-9,12,16H,2,10-11H2,1H3,(H,20,21). The number of nitrogens with one attached hydrogen (secondary N) is 1. The zero-order valence-corrected chi connectivity index (χ0v) is 13.6. The zero-order chi connectivity index (χ0) is 15.1. The summed E-state index contributed by atoms with van der Waals surface area (Å²) in [7, 11) is 0. The molecule has 3 nitrogen and oxygen atoms in total. The monoisotopic (exact) mass is 346 g/mol. The van der Waals surface area contributed by atoms with Crippen LogP contribution >= 0.6 is 15.9 Å². The first kappa shape index (κ1) is 15.7. The first-order chi connectivity index (χ1) is 10.2. The Morgan fingerprint density at radius 2 is 2.00 bits per heavy atom. The van der Waals surface area contributed by atoms with Crippen LogP contribution in [-0.4, -0.2) is 10.9 Å². The van der Waals surface area contributed by atoms with Crippen LogP contribution in [0, 0.1) is 0 Å². The Morgan fingerprint density at radius 3 is 2.62 bits per heavy atom. The number of amides is 1. The topological polar surface area (TPSA) is 42.0 Å². The Hall–Kier alpha value is -1.68. The second-order valence-corrected chi connectivity index (χ2v) is 5.82. The maximum Gasteiger partial charge on any atom is 0.220 e. The van der Waals surface area contributed by atoms with Crippen LogP contribution < -0.4 is 5.32 Å². The van der Waals surface area contributed by atoms with E-state index >= 15 is 0 Å². The van der Waals surface area contributed by atoms with E-state index in [1.54, 1.807) is 6.20 Å². The predicted molar refractivity (Wildman–Crippen MR) is 87.9 cm³/mol. The molecule has 0 fully saturated rings. The number of carbonyl (C=O) groups excluding carboxylic acids is 1. The molecule has 0 bridgehead atoms. The van der Waals surface area contributed by atoms with Gasteiger partial charge in [0.1, 0.15) is 0 Å². The van der Waals surface area contributed by atoms with Crippen molar-refractivity contribution < 1.29 is 4.79 Å². The molecular formula is C17H19BrN2O. The molecule has 0 aliphatic rings. The highest BCUT2D eigenvalue weighted by atomic mass is 79.9. The van der Waals surface area contributed by atoms with Crippen LogP contribution in [0.4, 0.5) is 0 Å². The molecular weight excluding hydrogens is 328 g/mol. The minimum absolute atomic E-state index is 0.0642. The minimum Gasteiger partial charge on any atom is -0.349 e. The zero-order valence-electron chi connectivity index (χ0n) is 12.1. The number of nitrogens with zero attached hydrogens (tertiary/aromatic N) is 1. The van der Waals surface area contributed by atoms with Crippen molar-refractivity contribution in [3.05, 3.63) is 64.4 Å². The van der Waals surface area contributed by atoms with Crippen LogP contribution in [0.2, 0.25) is 0 Å². The lowest BCUT2D eigenvalue weighted by Crippen LogP contribution is -2.28. The van der Waals surface area contributed by atoms with E-state index in [0.717, 1.165) is 22.2 Å².